The zero-order valence-electron chi connectivity index (χ0n) is 6.65. The number of nitrogens with zero attached hydrogens (tertiary/aromatic N) is 1. The van der Waals surface area contributed by atoms with E-state index in [1.54, 1.807) is 0 Å². The molecule has 0 saturated carbocycles. The van der Waals surface area contributed by atoms with Gasteiger partial charge in [-0.1, -0.05) is 0 Å². The Hall–Kier alpha value is -1.39. The number of allylic oxidation sites excluding steroid dienone is 1. The Bertz CT molecular complexity index is 246. The second-order valence-electron chi connectivity index (χ2n) is 2.60. The fourth-order valence-electron chi connectivity index (χ4n) is 1.13. The molecule has 0 fully saturated rings. The molecule has 1 atom stereocenters. The van der Waals surface area contributed by atoms with Crippen LogP contribution >= 0.6 is 0 Å². The molecule has 66 valence electrons. The van der Waals surface area contributed by atoms with Gasteiger partial charge in [0.15, 0.2) is 0 Å². The lowest BCUT2D eigenvalue weighted by Gasteiger charge is -2.04. The minimum Gasteiger partial charge on any atom is -0.458 e. The molecule has 0 aromatic carbocycles. The molecular weight excluding hydrogens is 162 g/mol. The van der Waals surface area contributed by atoms with Crippen molar-refractivity contribution in [2.45, 2.75) is 25.9 Å². The second kappa shape index (κ2) is 3.34. The molecule has 1 aliphatic rings. The van der Waals surface area contributed by atoms with Gasteiger partial charge in [-0.05, 0) is 6.42 Å². The lowest BCUT2D eigenvalue weighted by molar-refractivity contribution is -0.426. The monoisotopic (exact) mass is 171 g/mol. The van der Waals surface area contributed by atoms with Gasteiger partial charge in [0.05, 0.1) is 4.92 Å². The van der Waals surface area contributed by atoms with Crippen LogP contribution in [0.1, 0.15) is 19.8 Å². The number of hydrogen-bond acceptors (Lipinski definition) is 4. The van der Waals surface area contributed by atoms with Gasteiger partial charge in [-0.15, -0.1) is 0 Å². The Balaban J connectivity index is 2.53. The van der Waals surface area contributed by atoms with Crippen molar-refractivity contribution in [1.82, 2.24) is 0 Å². The summed E-state index contributed by atoms with van der Waals surface area (Å²) >= 11 is 0. The summed E-state index contributed by atoms with van der Waals surface area (Å²) in [7, 11) is 0. The number of ether oxygens (including phenoxy) is 1. The van der Waals surface area contributed by atoms with Crippen molar-refractivity contribution in [2.75, 3.05) is 0 Å². The molecule has 0 aromatic heterocycles. The maximum Gasteiger partial charge on any atom is 0.303 e. The zero-order chi connectivity index (χ0) is 9.14. The van der Waals surface area contributed by atoms with Crippen LogP contribution in [-0.4, -0.2) is 17.0 Å². The average molecular weight is 171 g/mol. The van der Waals surface area contributed by atoms with Crippen molar-refractivity contribution < 1.29 is 14.5 Å². The van der Waals surface area contributed by atoms with E-state index < -0.39 is 17.0 Å². The van der Waals surface area contributed by atoms with Gasteiger partial charge in [0.25, 0.3) is 0 Å². The van der Waals surface area contributed by atoms with Gasteiger partial charge in [-0.25, -0.2) is 0 Å². The molecule has 0 bridgehead atoms. The highest BCUT2D eigenvalue weighted by Gasteiger charge is 2.25. The zero-order valence-corrected chi connectivity index (χ0v) is 6.65. The fourth-order valence-corrected chi connectivity index (χ4v) is 1.13. The van der Waals surface area contributed by atoms with E-state index >= 15 is 0 Å². The van der Waals surface area contributed by atoms with Crippen LogP contribution in [0.15, 0.2) is 11.8 Å². The summed E-state index contributed by atoms with van der Waals surface area (Å²) in [6.07, 6.45) is 1.89. The standard InChI is InChI=1S/C7H9NO4/c1-5(9)12-7-3-2-6(4-7)8(10)11/h4,7H,2-3H2,1H3/t7-/m0/s1. The normalized spacial score (nSPS) is 21.8. The molecule has 0 N–H and O–H groups in total. The molecule has 0 saturated heterocycles. The van der Waals surface area contributed by atoms with Crippen molar-refractivity contribution in [2.24, 2.45) is 0 Å². The van der Waals surface area contributed by atoms with Crippen LogP contribution in [0, 0.1) is 10.1 Å². The molecule has 12 heavy (non-hydrogen) atoms. The minimum absolute atomic E-state index is 0.140. The van der Waals surface area contributed by atoms with Crippen molar-refractivity contribution >= 4 is 5.97 Å². The lowest BCUT2D eigenvalue weighted by atomic mass is 10.3. The molecule has 0 aliphatic heterocycles. The topological polar surface area (TPSA) is 69.4 Å². The highest BCUT2D eigenvalue weighted by molar-refractivity contribution is 5.66. The Morgan fingerprint density at radius 1 is 1.83 bits per heavy atom. The summed E-state index contributed by atoms with van der Waals surface area (Å²) in [6.45, 7) is 1.29. The van der Waals surface area contributed by atoms with Crippen molar-refractivity contribution in [3.05, 3.63) is 21.9 Å². The molecular formula is C7H9NO4. The Morgan fingerprint density at radius 2 is 2.50 bits per heavy atom. The highest BCUT2D eigenvalue weighted by Crippen LogP contribution is 2.21. The summed E-state index contributed by atoms with van der Waals surface area (Å²) in [5, 5.41) is 10.2. The van der Waals surface area contributed by atoms with E-state index in [-0.39, 0.29) is 5.70 Å². The largest absolute Gasteiger partial charge is 0.458 e. The quantitative estimate of drug-likeness (QED) is 0.351. The lowest BCUT2D eigenvalue weighted by Crippen LogP contribution is -2.10. The summed E-state index contributed by atoms with van der Waals surface area (Å²) in [5.41, 5.74) is 0.140. The molecule has 0 unspecified atom stereocenters. The van der Waals surface area contributed by atoms with Gasteiger partial charge >= 0.3 is 5.97 Å². The van der Waals surface area contributed by atoms with E-state index in [1.807, 2.05) is 0 Å². The maximum atomic E-state index is 10.5. The average Bonchev–Trinajstić information content (AvgIpc) is 2.34. The molecule has 1 rings (SSSR count). The first-order chi connectivity index (χ1) is 5.59. The number of rotatable bonds is 2. The first kappa shape index (κ1) is 8.70. The molecule has 0 heterocycles. The molecule has 5 nitrogen and oxygen atoms in total. The van der Waals surface area contributed by atoms with E-state index in [4.69, 9.17) is 4.74 Å². The van der Waals surface area contributed by atoms with Crippen molar-refractivity contribution in [1.29, 1.82) is 0 Å². The van der Waals surface area contributed by atoms with Gasteiger partial charge < -0.3 is 4.74 Å². The Kier molecular flexibility index (Phi) is 2.42. The summed E-state index contributed by atoms with van der Waals surface area (Å²) in [4.78, 5) is 20.2. The van der Waals surface area contributed by atoms with Crippen LogP contribution in [0.3, 0.4) is 0 Å². The number of nitro groups is 1. The van der Waals surface area contributed by atoms with E-state index in [2.05, 4.69) is 0 Å². The fraction of sp³-hybridized carbons (Fsp3) is 0.571. The first-order valence-electron chi connectivity index (χ1n) is 3.62. The maximum absolute atomic E-state index is 10.5. The molecule has 0 aromatic rings. The molecule has 1 aliphatic carbocycles. The van der Waals surface area contributed by atoms with Gasteiger partial charge in [0.1, 0.15) is 6.10 Å². The SMILES string of the molecule is CC(=O)O[C@@H]1C=C([N+](=O)[O-])CC1. The van der Waals surface area contributed by atoms with E-state index in [0.29, 0.717) is 12.8 Å². The van der Waals surface area contributed by atoms with Crippen LogP contribution in [0.4, 0.5) is 0 Å². The first-order valence-corrected chi connectivity index (χ1v) is 3.62. The highest BCUT2D eigenvalue weighted by atomic mass is 16.6. The number of carbonyl (C=O) groups excluding carboxylic acids is 1. The third-order valence-electron chi connectivity index (χ3n) is 1.62. The van der Waals surface area contributed by atoms with Crippen LogP contribution < -0.4 is 0 Å². The number of esters is 1. The predicted molar refractivity (Wildman–Crippen MR) is 39.9 cm³/mol. The van der Waals surface area contributed by atoms with Crippen molar-refractivity contribution in [3.8, 4) is 0 Å². The predicted octanol–water partition coefficient (Wildman–Crippen LogP) is 0.872. The third kappa shape index (κ3) is 2.05. The van der Waals surface area contributed by atoms with Gasteiger partial charge in [-0.3, -0.25) is 14.9 Å². The molecule has 0 radical (unpaired) electrons. The van der Waals surface area contributed by atoms with Gasteiger partial charge in [0.2, 0.25) is 5.70 Å². The van der Waals surface area contributed by atoms with Crippen LogP contribution in [0.25, 0.3) is 0 Å². The third-order valence-corrected chi connectivity index (χ3v) is 1.62. The Labute approximate surface area is 69.2 Å². The van der Waals surface area contributed by atoms with Crippen molar-refractivity contribution in [3.63, 3.8) is 0 Å². The van der Waals surface area contributed by atoms with E-state index in [1.165, 1.54) is 13.0 Å². The van der Waals surface area contributed by atoms with E-state index in [9.17, 15) is 14.9 Å². The Morgan fingerprint density at radius 3 is 2.92 bits per heavy atom. The van der Waals surface area contributed by atoms with Crippen LogP contribution in [-0.2, 0) is 9.53 Å². The smallest absolute Gasteiger partial charge is 0.303 e. The molecule has 5 heteroatoms. The van der Waals surface area contributed by atoms with Crippen LogP contribution in [0.5, 0.6) is 0 Å². The summed E-state index contributed by atoms with van der Waals surface area (Å²) in [6, 6.07) is 0. The van der Waals surface area contributed by atoms with Crippen LogP contribution in [0.2, 0.25) is 0 Å². The summed E-state index contributed by atoms with van der Waals surface area (Å²) in [5.74, 6) is -0.402. The minimum atomic E-state index is -0.441. The van der Waals surface area contributed by atoms with E-state index in [0.717, 1.165) is 0 Å². The van der Waals surface area contributed by atoms with Gasteiger partial charge in [0, 0.05) is 19.4 Å². The summed E-state index contributed by atoms with van der Waals surface area (Å²) < 4.78 is 4.77. The molecule has 0 amide bonds. The molecule has 0 spiro atoms. The number of hydrogen-bond donors (Lipinski definition) is 0. The number of carbonyl (C=O) groups is 1. The van der Waals surface area contributed by atoms with Gasteiger partial charge in [-0.2, -0.15) is 0 Å². The second-order valence-corrected chi connectivity index (χ2v) is 2.60.